The fraction of sp³-hybridized carbons (Fsp3) is 0.214. The second-order valence-electron chi connectivity index (χ2n) is 4.14. The van der Waals surface area contributed by atoms with Crippen molar-refractivity contribution in [2.75, 3.05) is 12.3 Å². The number of anilines is 1. The third-order valence-corrected chi connectivity index (χ3v) is 4.54. The molecule has 0 aliphatic rings. The summed E-state index contributed by atoms with van der Waals surface area (Å²) in [5, 5.41) is 4.84. The number of rotatable bonds is 6. The third kappa shape index (κ3) is 4.54. The van der Waals surface area contributed by atoms with E-state index in [1.54, 1.807) is 35.6 Å². The number of carbonyl (C=O) groups excluding carboxylic acids is 1. The number of carbonyl (C=O) groups is 1. The van der Waals surface area contributed by atoms with Gasteiger partial charge in [0, 0.05) is 15.0 Å². The molecule has 0 bridgehead atoms. The van der Waals surface area contributed by atoms with Gasteiger partial charge in [0.1, 0.15) is 5.75 Å². The van der Waals surface area contributed by atoms with Gasteiger partial charge in [-0.05, 0) is 51.6 Å². The lowest BCUT2D eigenvalue weighted by Gasteiger charge is -2.07. The average Bonchev–Trinajstić information content (AvgIpc) is 2.84. The predicted octanol–water partition coefficient (Wildman–Crippen LogP) is 3.18. The Balaban J connectivity index is 1.68. The molecule has 4 nitrogen and oxygen atoms in total. The van der Waals surface area contributed by atoms with Crippen LogP contribution in [0.1, 0.15) is 11.3 Å². The summed E-state index contributed by atoms with van der Waals surface area (Å²) in [5.74, 6) is 0.689. The summed E-state index contributed by atoms with van der Waals surface area (Å²) in [5.41, 5.74) is 6.27. The fourth-order valence-corrected chi connectivity index (χ4v) is 2.98. The molecule has 0 saturated heterocycles. The minimum Gasteiger partial charge on any atom is -0.493 e. The molecule has 0 spiro atoms. The molecule has 0 saturated carbocycles. The molecular formula is C14H15BrN2O2S. The highest BCUT2D eigenvalue weighted by Crippen LogP contribution is 2.22. The van der Waals surface area contributed by atoms with Gasteiger partial charge in [-0.15, -0.1) is 11.3 Å². The minimum absolute atomic E-state index is 0.0271. The Morgan fingerprint density at radius 1 is 1.30 bits per heavy atom. The van der Waals surface area contributed by atoms with Gasteiger partial charge in [0.2, 0.25) is 5.91 Å². The van der Waals surface area contributed by atoms with Gasteiger partial charge in [0.25, 0.3) is 0 Å². The van der Waals surface area contributed by atoms with Crippen molar-refractivity contribution in [2.45, 2.75) is 13.0 Å². The zero-order valence-electron chi connectivity index (χ0n) is 10.8. The van der Waals surface area contributed by atoms with E-state index in [1.807, 2.05) is 11.4 Å². The molecular weight excluding hydrogens is 340 g/mol. The number of nitrogens with two attached hydrogens (primary N) is 1. The molecule has 2 rings (SSSR count). The van der Waals surface area contributed by atoms with Crippen molar-refractivity contribution in [2.24, 2.45) is 0 Å². The van der Waals surface area contributed by atoms with Crippen LogP contribution < -0.4 is 15.8 Å². The van der Waals surface area contributed by atoms with Gasteiger partial charge in [-0.1, -0.05) is 0 Å². The van der Waals surface area contributed by atoms with Gasteiger partial charge in [-0.2, -0.15) is 0 Å². The SMILES string of the molecule is Nc1ccc(OCCC(=O)NCc2sccc2Br)cc1. The van der Waals surface area contributed by atoms with Crippen molar-refractivity contribution >= 4 is 38.9 Å². The maximum atomic E-state index is 11.7. The summed E-state index contributed by atoms with van der Waals surface area (Å²) in [7, 11) is 0. The number of benzene rings is 1. The Hall–Kier alpha value is -1.53. The van der Waals surface area contributed by atoms with Crippen LogP contribution in [0.15, 0.2) is 40.2 Å². The quantitative estimate of drug-likeness (QED) is 0.783. The summed E-state index contributed by atoms with van der Waals surface area (Å²) in [6, 6.07) is 9.08. The lowest BCUT2D eigenvalue weighted by Crippen LogP contribution is -2.24. The summed E-state index contributed by atoms with van der Waals surface area (Å²) < 4.78 is 6.50. The number of thiophene rings is 1. The van der Waals surface area contributed by atoms with Crippen molar-refractivity contribution in [3.8, 4) is 5.75 Å². The highest BCUT2D eigenvalue weighted by Gasteiger charge is 2.05. The molecule has 0 atom stereocenters. The van der Waals surface area contributed by atoms with Gasteiger partial charge in [-0.25, -0.2) is 0 Å². The summed E-state index contributed by atoms with van der Waals surface area (Å²) in [6.07, 6.45) is 0.327. The van der Waals surface area contributed by atoms with Gasteiger partial charge < -0.3 is 15.8 Å². The molecule has 0 fully saturated rings. The topological polar surface area (TPSA) is 64.3 Å². The van der Waals surface area contributed by atoms with E-state index in [9.17, 15) is 4.79 Å². The molecule has 106 valence electrons. The highest BCUT2D eigenvalue weighted by molar-refractivity contribution is 9.10. The standard InChI is InChI=1S/C14H15BrN2O2S/c15-12-6-8-20-13(12)9-17-14(18)5-7-19-11-3-1-10(16)2-4-11/h1-4,6,8H,5,7,9,16H2,(H,17,18). The third-order valence-electron chi connectivity index (χ3n) is 2.62. The summed E-state index contributed by atoms with van der Waals surface area (Å²) in [6.45, 7) is 0.889. The fourth-order valence-electron chi connectivity index (χ4n) is 1.54. The summed E-state index contributed by atoms with van der Waals surface area (Å²) in [4.78, 5) is 12.8. The zero-order chi connectivity index (χ0) is 14.4. The Kier molecular flexibility index (Phi) is 5.43. The van der Waals surface area contributed by atoms with Crippen LogP contribution in [-0.2, 0) is 11.3 Å². The molecule has 20 heavy (non-hydrogen) atoms. The van der Waals surface area contributed by atoms with Crippen LogP contribution in [0.25, 0.3) is 0 Å². The van der Waals surface area contributed by atoms with Crippen LogP contribution in [0, 0.1) is 0 Å². The Bertz CT molecular complexity index is 569. The number of nitrogen functional groups attached to an aromatic ring is 1. The monoisotopic (exact) mass is 354 g/mol. The van der Waals surface area contributed by atoms with E-state index >= 15 is 0 Å². The van der Waals surface area contributed by atoms with E-state index in [0.717, 1.165) is 9.35 Å². The zero-order valence-corrected chi connectivity index (χ0v) is 13.2. The van der Waals surface area contributed by atoms with Crippen molar-refractivity contribution in [3.63, 3.8) is 0 Å². The average molecular weight is 355 g/mol. The van der Waals surface area contributed by atoms with E-state index in [4.69, 9.17) is 10.5 Å². The first kappa shape index (κ1) is 14.9. The van der Waals surface area contributed by atoms with Crippen molar-refractivity contribution < 1.29 is 9.53 Å². The highest BCUT2D eigenvalue weighted by atomic mass is 79.9. The van der Waals surface area contributed by atoms with E-state index in [2.05, 4.69) is 21.2 Å². The normalized spacial score (nSPS) is 10.2. The number of hydrogen-bond donors (Lipinski definition) is 2. The number of halogens is 1. The molecule has 1 aromatic heterocycles. The van der Waals surface area contributed by atoms with E-state index in [1.165, 1.54) is 0 Å². The molecule has 3 N–H and O–H groups in total. The first-order valence-electron chi connectivity index (χ1n) is 6.12. The van der Waals surface area contributed by atoms with Crippen molar-refractivity contribution in [1.29, 1.82) is 0 Å². The van der Waals surface area contributed by atoms with Crippen molar-refractivity contribution in [1.82, 2.24) is 5.32 Å². The number of amides is 1. The summed E-state index contributed by atoms with van der Waals surface area (Å²) >= 11 is 5.04. The molecule has 0 aliphatic carbocycles. The second kappa shape index (κ2) is 7.31. The Morgan fingerprint density at radius 3 is 2.70 bits per heavy atom. The smallest absolute Gasteiger partial charge is 0.223 e. The molecule has 2 aromatic rings. The maximum Gasteiger partial charge on any atom is 0.223 e. The molecule has 0 unspecified atom stereocenters. The lowest BCUT2D eigenvalue weighted by atomic mass is 10.3. The molecule has 0 aliphatic heterocycles. The Morgan fingerprint density at radius 2 is 2.05 bits per heavy atom. The number of hydrogen-bond acceptors (Lipinski definition) is 4. The van der Waals surface area contributed by atoms with Gasteiger partial charge in [-0.3, -0.25) is 4.79 Å². The van der Waals surface area contributed by atoms with E-state index < -0.39 is 0 Å². The van der Waals surface area contributed by atoms with Crippen LogP contribution >= 0.6 is 27.3 Å². The largest absolute Gasteiger partial charge is 0.493 e. The molecule has 1 aromatic carbocycles. The lowest BCUT2D eigenvalue weighted by molar-refractivity contribution is -0.121. The molecule has 6 heteroatoms. The first-order valence-corrected chi connectivity index (χ1v) is 7.79. The molecule has 1 heterocycles. The van der Waals surface area contributed by atoms with Crippen LogP contribution in [-0.4, -0.2) is 12.5 Å². The van der Waals surface area contributed by atoms with Crippen LogP contribution in [0.3, 0.4) is 0 Å². The van der Waals surface area contributed by atoms with Gasteiger partial charge >= 0.3 is 0 Å². The molecule has 1 amide bonds. The van der Waals surface area contributed by atoms with Crippen LogP contribution in [0.5, 0.6) is 5.75 Å². The van der Waals surface area contributed by atoms with Crippen LogP contribution in [0.4, 0.5) is 5.69 Å². The van der Waals surface area contributed by atoms with Crippen molar-refractivity contribution in [3.05, 3.63) is 45.1 Å². The minimum atomic E-state index is -0.0271. The molecule has 0 radical (unpaired) electrons. The van der Waals surface area contributed by atoms with Gasteiger partial charge in [0.05, 0.1) is 19.6 Å². The van der Waals surface area contributed by atoms with Crippen LogP contribution in [0.2, 0.25) is 0 Å². The Labute approximate surface area is 130 Å². The maximum absolute atomic E-state index is 11.7. The van der Waals surface area contributed by atoms with E-state index in [-0.39, 0.29) is 5.91 Å². The van der Waals surface area contributed by atoms with Gasteiger partial charge in [0.15, 0.2) is 0 Å². The number of nitrogens with one attached hydrogen (secondary N) is 1. The second-order valence-corrected chi connectivity index (χ2v) is 5.99. The number of ether oxygens (including phenoxy) is 1. The predicted molar refractivity (Wildman–Crippen MR) is 84.8 cm³/mol. The first-order chi connectivity index (χ1) is 9.65. The van der Waals surface area contributed by atoms with E-state index in [0.29, 0.717) is 31.0 Å².